The SMILES string of the molecule is CN1CCC(Cn2cnc3cccc(F)c3c2=O)C1. The Morgan fingerprint density at radius 3 is 3.05 bits per heavy atom. The Hall–Kier alpha value is -1.75. The predicted octanol–water partition coefficient (Wildman–Crippen LogP) is 1.49. The molecule has 0 bridgehead atoms. The van der Waals surface area contributed by atoms with Gasteiger partial charge in [-0.2, -0.15) is 0 Å². The summed E-state index contributed by atoms with van der Waals surface area (Å²) in [5.74, 6) is -0.0541. The highest BCUT2D eigenvalue weighted by molar-refractivity contribution is 5.77. The third-order valence-electron chi connectivity index (χ3n) is 3.75. The van der Waals surface area contributed by atoms with Crippen molar-refractivity contribution in [3.8, 4) is 0 Å². The Morgan fingerprint density at radius 1 is 1.47 bits per heavy atom. The largest absolute Gasteiger partial charge is 0.306 e. The lowest BCUT2D eigenvalue weighted by atomic mass is 10.1. The molecular formula is C14H16FN3O. The molecule has 1 aromatic heterocycles. The van der Waals surface area contributed by atoms with E-state index in [9.17, 15) is 9.18 Å². The molecule has 2 aromatic rings. The lowest BCUT2D eigenvalue weighted by molar-refractivity contribution is 0.375. The van der Waals surface area contributed by atoms with Crippen molar-refractivity contribution < 1.29 is 4.39 Å². The van der Waals surface area contributed by atoms with Gasteiger partial charge in [-0.05, 0) is 38.1 Å². The molecule has 1 aromatic carbocycles. The fourth-order valence-corrected chi connectivity index (χ4v) is 2.74. The van der Waals surface area contributed by atoms with Crippen LogP contribution in [0.25, 0.3) is 10.9 Å². The molecule has 0 N–H and O–H groups in total. The van der Waals surface area contributed by atoms with Gasteiger partial charge in [0.05, 0.1) is 11.8 Å². The second-order valence-electron chi connectivity index (χ2n) is 5.25. The first-order valence-corrected chi connectivity index (χ1v) is 6.47. The van der Waals surface area contributed by atoms with E-state index in [0.717, 1.165) is 19.5 Å². The van der Waals surface area contributed by atoms with Gasteiger partial charge in [0, 0.05) is 13.1 Å². The van der Waals surface area contributed by atoms with Gasteiger partial charge >= 0.3 is 0 Å². The van der Waals surface area contributed by atoms with Gasteiger partial charge in [0.2, 0.25) is 0 Å². The molecule has 0 spiro atoms. The quantitative estimate of drug-likeness (QED) is 0.822. The summed E-state index contributed by atoms with van der Waals surface area (Å²) in [5.41, 5.74) is 0.141. The van der Waals surface area contributed by atoms with Crippen LogP contribution in [0.5, 0.6) is 0 Å². The first-order valence-electron chi connectivity index (χ1n) is 6.47. The van der Waals surface area contributed by atoms with Crippen molar-refractivity contribution >= 4 is 10.9 Å². The molecule has 2 heterocycles. The second kappa shape index (κ2) is 4.74. The van der Waals surface area contributed by atoms with E-state index in [4.69, 9.17) is 0 Å². The fraction of sp³-hybridized carbons (Fsp3) is 0.429. The van der Waals surface area contributed by atoms with Crippen LogP contribution in [0.4, 0.5) is 4.39 Å². The number of fused-ring (bicyclic) bond motifs is 1. The average Bonchev–Trinajstić information content (AvgIpc) is 2.78. The summed E-state index contributed by atoms with van der Waals surface area (Å²) in [6, 6.07) is 4.53. The van der Waals surface area contributed by atoms with Gasteiger partial charge in [0.25, 0.3) is 5.56 Å². The summed E-state index contributed by atoms with van der Waals surface area (Å²) < 4.78 is 15.3. The van der Waals surface area contributed by atoms with Gasteiger partial charge in [-0.3, -0.25) is 9.36 Å². The minimum Gasteiger partial charge on any atom is -0.306 e. The van der Waals surface area contributed by atoms with Crippen molar-refractivity contribution in [2.75, 3.05) is 20.1 Å². The van der Waals surface area contributed by atoms with Gasteiger partial charge in [0.1, 0.15) is 11.2 Å². The number of rotatable bonds is 2. The zero-order valence-corrected chi connectivity index (χ0v) is 10.8. The van der Waals surface area contributed by atoms with Crippen molar-refractivity contribution in [1.29, 1.82) is 0 Å². The van der Waals surface area contributed by atoms with Crippen molar-refractivity contribution in [2.45, 2.75) is 13.0 Å². The average molecular weight is 261 g/mol. The maximum absolute atomic E-state index is 13.7. The van der Waals surface area contributed by atoms with Gasteiger partial charge in [-0.25, -0.2) is 9.37 Å². The van der Waals surface area contributed by atoms with E-state index in [1.165, 1.54) is 17.0 Å². The molecule has 3 rings (SSSR count). The molecule has 1 aliphatic rings. The molecule has 0 amide bonds. The highest BCUT2D eigenvalue weighted by atomic mass is 19.1. The Balaban J connectivity index is 1.99. The fourth-order valence-electron chi connectivity index (χ4n) is 2.74. The Bertz CT molecular complexity index is 667. The summed E-state index contributed by atoms with van der Waals surface area (Å²) in [6.07, 6.45) is 2.60. The van der Waals surface area contributed by atoms with Crippen LogP contribution >= 0.6 is 0 Å². The first kappa shape index (κ1) is 12.3. The third-order valence-corrected chi connectivity index (χ3v) is 3.75. The molecule has 1 atom stereocenters. The smallest absolute Gasteiger partial charge is 0.264 e. The third kappa shape index (κ3) is 2.26. The summed E-state index contributed by atoms with van der Waals surface area (Å²) in [5, 5.41) is 0.0938. The normalized spacial score (nSPS) is 20.2. The van der Waals surface area contributed by atoms with E-state index in [2.05, 4.69) is 16.9 Å². The molecule has 0 aliphatic carbocycles. The maximum atomic E-state index is 13.7. The lowest BCUT2D eigenvalue weighted by Gasteiger charge is -2.12. The number of hydrogen-bond donors (Lipinski definition) is 0. The molecule has 1 saturated heterocycles. The van der Waals surface area contributed by atoms with Crippen LogP contribution in [0.3, 0.4) is 0 Å². The molecule has 1 aliphatic heterocycles. The first-order chi connectivity index (χ1) is 9.15. The molecule has 5 heteroatoms. The lowest BCUT2D eigenvalue weighted by Crippen LogP contribution is -2.26. The van der Waals surface area contributed by atoms with Crippen LogP contribution in [0.1, 0.15) is 6.42 Å². The van der Waals surface area contributed by atoms with Crippen LogP contribution in [0.15, 0.2) is 29.3 Å². The van der Waals surface area contributed by atoms with Gasteiger partial charge in [-0.15, -0.1) is 0 Å². The molecular weight excluding hydrogens is 245 g/mol. The highest BCUT2D eigenvalue weighted by Crippen LogP contribution is 2.16. The van der Waals surface area contributed by atoms with Crippen LogP contribution < -0.4 is 5.56 Å². The van der Waals surface area contributed by atoms with E-state index in [1.807, 2.05) is 0 Å². The molecule has 0 saturated carbocycles. The van der Waals surface area contributed by atoms with Gasteiger partial charge in [-0.1, -0.05) is 6.07 Å². The standard InChI is InChI=1S/C14H16FN3O/c1-17-6-5-10(7-17)8-18-9-16-12-4-2-3-11(15)13(12)14(18)19/h2-4,9-10H,5-8H2,1H3. The van der Waals surface area contributed by atoms with Crippen LogP contribution in [-0.2, 0) is 6.54 Å². The Labute approximate surface area is 110 Å². The predicted molar refractivity (Wildman–Crippen MR) is 71.6 cm³/mol. The number of nitrogens with zero attached hydrogens (tertiary/aromatic N) is 3. The van der Waals surface area contributed by atoms with E-state index in [1.54, 1.807) is 12.1 Å². The second-order valence-corrected chi connectivity index (χ2v) is 5.25. The van der Waals surface area contributed by atoms with E-state index < -0.39 is 5.82 Å². The maximum Gasteiger partial charge on any atom is 0.264 e. The number of benzene rings is 1. The number of hydrogen-bond acceptors (Lipinski definition) is 3. The monoisotopic (exact) mass is 261 g/mol. The molecule has 0 radical (unpaired) electrons. The zero-order chi connectivity index (χ0) is 13.4. The Kier molecular flexibility index (Phi) is 3.06. The number of halogens is 1. The van der Waals surface area contributed by atoms with Gasteiger partial charge < -0.3 is 4.90 Å². The topological polar surface area (TPSA) is 38.1 Å². The zero-order valence-electron chi connectivity index (χ0n) is 10.8. The molecule has 4 nitrogen and oxygen atoms in total. The van der Waals surface area contributed by atoms with Gasteiger partial charge in [0.15, 0.2) is 0 Å². The molecule has 1 fully saturated rings. The number of likely N-dealkylation sites (tertiary alicyclic amines) is 1. The minimum atomic E-state index is -0.493. The summed E-state index contributed by atoms with van der Waals surface area (Å²) in [6.45, 7) is 2.64. The summed E-state index contributed by atoms with van der Waals surface area (Å²) >= 11 is 0. The molecule has 19 heavy (non-hydrogen) atoms. The van der Waals surface area contributed by atoms with E-state index >= 15 is 0 Å². The van der Waals surface area contributed by atoms with Crippen LogP contribution in [-0.4, -0.2) is 34.6 Å². The van der Waals surface area contributed by atoms with Crippen LogP contribution in [0.2, 0.25) is 0 Å². The van der Waals surface area contributed by atoms with Crippen molar-refractivity contribution in [3.05, 3.63) is 40.7 Å². The highest BCUT2D eigenvalue weighted by Gasteiger charge is 2.20. The number of aromatic nitrogens is 2. The van der Waals surface area contributed by atoms with Crippen molar-refractivity contribution in [3.63, 3.8) is 0 Å². The Morgan fingerprint density at radius 2 is 2.32 bits per heavy atom. The summed E-state index contributed by atoms with van der Waals surface area (Å²) in [4.78, 5) is 18.7. The van der Waals surface area contributed by atoms with Crippen LogP contribution in [0, 0.1) is 11.7 Å². The van der Waals surface area contributed by atoms with Crippen molar-refractivity contribution in [2.24, 2.45) is 5.92 Å². The molecule has 100 valence electrons. The van der Waals surface area contributed by atoms with E-state index in [0.29, 0.717) is 18.0 Å². The molecule has 1 unspecified atom stereocenters. The van der Waals surface area contributed by atoms with Crippen molar-refractivity contribution in [1.82, 2.24) is 14.5 Å². The summed E-state index contributed by atoms with van der Waals surface area (Å²) in [7, 11) is 2.07. The minimum absolute atomic E-state index is 0.0938. The van der Waals surface area contributed by atoms with E-state index in [-0.39, 0.29) is 10.9 Å².